The number of hydrogen-bond acceptors (Lipinski definition) is 3. The number of aliphatic hydroxyl groups excluding tert-OH is 1. The van der Waals surface area contributed by atoms with Crippen LogP contribution in [-0.4, -0.2) is 28.6 Å². The maximum Gasteiger partial charge on any atom is 0.252 e. The summed E-state index contributed by atoms with van der Waals surface area (Å²) in [5, 5.41) is 12.9. The van der Waals surface area contributed by atoms with Crippen molar-refractivity contribution in [2.45, 2.75) is 25.4 Å². The lowest BCUT2D eigenvalue weighted by Gasteiger charge is -2.15. The average molecular weight is 289 g/mol. The van der Waals surface area contributed by atoms with Crippen LogP contribution in [0.4, 0.5) is 0 Å². The van der Waals surface area contributed by atoms with Gasteiger partial charge >= 0.3 is 0 Å². The number of amides is 1. The molecule has 0 aromatic carbocycles. The van der Waals surface area contributed by atoms with E-state index < -0.39 is 0 Å². The van der Waals surface area contributed by atoms with E-state index in [1.54, 1.807) is 0 Å². The van der Waals surface area contributed by atoms with Crippen molar-refractivity contribution in [1.82, 2.24) is 10.3 Å². The van der Waals surface area contributed by atoms with E-state index >= 15 is 0 Å². The molecule has 1 fully saturated rings. The number of nitrogens with zero attached hydrogens (tertiary/aromatic N) is 1. The van der Waals surface area contributed by atoms with E-state index in [0.717, 1.165) is 19.3 Å². The molecule has 1 aromatic rings. The predicted octanol–water partition coefficient (Wildman–Crippen LogP) is 2.28. The normalized spacial score (nSPS) is 23.1. The monoisotopic (exact) mass is 288 g/mol. The molecule has 0 bridgehead atoms. The Morgan fingerprint density at radius 1 is 1.50 bits per heavy atom. The second-order valence-corrected chi connectivity index (χ2v) is 5.25. The van der Waals surface area contributed by atoms with Crippen molar-refractivity contribution < 1.29 is 9.90 Å². The average Bonchev–Trinajstić information content (AvgIpc) is 2.75. The lowest BCUT2D eigenvalue weighted by molar-refractivity contribution is 0.0917. The van der Waals surface area contributed by atoms with E-state index in [4.69, 9.17) is 23.2 Å². The van der Waals surface area contributed by atoms with Crippen LogP contribution in [0.25, 0.3) is 0 Å². The molecule has 1 amide bonds. The van der Waals surface area contributed by atoms with Crippen LogP contribution in [0.2, 0.25) is 10.2 Å². The van der Waals surface area contributed by atoms with E-state index in [1.807, 2.05) is 0 Å². The van der Waals surface area contributed by atoms with Gasteiger partial charge in [-0.3, -0.25) is 4.79 Å². The van der Waals surface area contributed by atoms with Gasteiger partial charge in [0.2, 0.25) is 0 Å². The molecular formula is C12H14Cl2N2O2. The summed E-state index contributed by atoms with van der Waals surface area (Å²) in [5.74, 6) is -0.159. The van der Waals surface area contributed by atoms with Crippen LogP contribution in [0.1, 0.15) is 29.6 Å². The van der Waals surface area contributed by atoms with E-state index in [-0.39, 0.29) is 28.1 Å². The first-order valence-corrected chi connectivity index (χ1v) is 6.61. The number of rotatable bonds is 3. The zero-order chi connectivity index (χ0) is 13.1. The smallest absolute Gasteiger partial charge is 0.252 e. The van der Waals surface area contributed by atoms with Gasteiger partial charge in [-0.2, -0.15) is 0 Å². The molecular weight excluding hydrogens is 275 g/mol. The molecule has 0 spiro atoms. The molecule has 18 heavy (non-hydrogen) atoms. The molecule has 6 heteroatoms. The highest BCUT2D eigenvalue weighted by Crippen LogP contribution is 2.25. The molecule has 0 saturated heterocycles. The van der Waals surface area contributed by atoms with Gasteiger partial charge in [-0.05, 0) is 18.9 Å². The maximum atomic E-state index is 11.9. The number of aliphatic hydroxyl groups is 1. The molecule has 4 nitrogen and oxygen atoms in total. The van der Waals surface area contributed by atoms with Crippen LogP contribution in [0.15, 0.2) is 12.3 Å². The van der Waals surface area contributed by atoms with Crippen LogP contribution >= 0.6 is 23.2 Å². The molecule has 1 heterocycles. The van der Waals surface area contributed by atoms with Crippen LogP contribution in [-0.2, 0) is 0 Å². The molecule has 1 aliphatic carbocycles. The van der Waals surface area contributed by atoms with Gasteiger partial charge in [-0.15, -0.1) is 0 Å². The molecule has 2 atom stereocenters. The van der Waals surface area contributed by atoms with E-state index in [0.29, 0.717) is 12.1 Å². The summed E-state index contributed by atoms with van der Waals surface area (Å²) in [5.41, 5.74) is 0.309. The minimum atomic E-state index is -0.318. The molecule has 1 saturated carbocycles. The first-order valence-electron chi connectivity index (χ1n) is 5.85. The van der Waals surface area contributed by atoms with Crippen LogP contribution in [0.5, 0.6) is 0 Å². The number of carbonyl (C=O) groups is 1. The van der Waals surface area contributed by atoms with Gasteiger partial charge in [0.15, 0.2) is 0 Å². The van der Waals surface area contributed by atoms with Crippen molar-refractivity contribution in [3.8, 4) is 0 Å². The fourth-order valence-corrected chi connectivity index (χ4v) is 2.51. The molecule has 1 aromatic heterocycles. The standard InChI is InChI=1S/C12H14Cl2N2O2/c13-9-6-15-11(14)4-8(9)12(18)16-5-7-2-1-3-10(7)17/h4,6-7,10,17H,1-3,5H2,(H,16,18). The summed E-state index contributed by atoms with van der Waals surface area (Å²) in [6.07, 6.45) is 3.78. The number of pyridine rings is 1. The first-order chi connectivity index (χ1) is 8.58. The van der Waals surface area contributed by atoms with Gasteiger partial charge < -0.3 is 10.4 Å². The Kier molecular flexibility index (Phi) is 4.43. The fraction of sp³-hybridized carbons (Fsp3) is 0.500. The highest BCUT2D eigenvalue weighted by molar-refractivity contribution is 6.35. The van der Waals surface area contributed by atoms with E-state index in [1.165, 1.54) is 12.3 Å². The molecule has 2 unspecified atom stereocenters. The molecule has 98 valence electrons. The Hall–Kier alpha value is -0.840. The summed E-state index contributed by atoms with van der Waals surface area (Å²) < 4.78 is 0. The van der Waals surface area contributed by atoms with Crippen molar-refractivity contribution in [2.75, 3.05) is 6.54 Å². The van der Waals surface area contributed by atoms with Gasteiger partial charge in [-0.25, -0.2) is 4.98 Å². The minimum absolute atomic E-state index is 0.130. The van der Waals surface area contributed by atoms with E-state index in [9.17, 15) is 9.90 Å². The van der Waals surface area contributed by atoms with Crippen LogP contribution in [0.3, 0.4) is 0 Å². The van der Waals surface area contributed by atoms with Crippen LogP contribution in [0, 0.1) is 5.92 Å². The molecule has 2 N–H and O–H groups in total. The number of aromatic nitrogens is 1. The topological polar surface area (TPSA) is 62.2 Å². The van der Waals surface area contributed by atoms with Crippen molar-refractivity contribution in [3.05, 3.63) is 28.0 Å². The van der Waals surface area contributed by atoms with Gasteiger partial charge in [0, 0.05) is 18.7 Å². The van der Waals surface area contributed by atoms with Gasteiger partial charge in [0.05, 0.1) is 16.7 Å². The SMILES string of the molecule is O=C(NCC1CCCC1O)c1cc(Cl)ncc1Cl. The third-order valence-electron chi connectivity index (χ3n) is 3.21. The summed E-state index contributed by atoms with van der Waals surface area (Å²) in [6.45, 7) is 0.455. The van der Waals surface area contributed by atoms with E-state index in [2.05, 4.69) is 10.3 Å². The number of carbonyl (C=O) groups excluding carboxylic acids is 1. The maximum absolute atomic E-state index is 11.9. The molecule has 2 rings (SSSR count). The molecule has 0 radical (unpaired) electrons. The number of halogens is 2. The summed E-state index contributed by atoms with van der Waals surface area (Å²) in [7, 11) is 0. The number of nitrogens with one attached hydrogen (secondary N) is 1. The van der Waals surface area contributed by atoms with Crippen molar-refractivity contribution in [3.63, 3.8) is 0 Å². The second kappa shape index (κ2) is 5.87. The molecule has 0 aliphatic heterocycles. The lowest BCUT2D eigenvalue weighted by Crippen LogP contribution is -2.32. The Labute approximate surface area is 115 Å². The Bertz CT molecular complexity index is 454. The highest BCUT2D eigenvalue weighted by Gasteiger charge is 2.25. The predicted molar refractivity (Wildman–Crippen MR) is 69.9 cm³/mol. The Morgan fingerprint density at radius 3 is 2.94 bits per heavy atom. The molecule has 1 aliphatic rings. The minimum Gasteiger partial charge on any atom is -0.393 e. The van der Waals surface area contributed by atoms with Gasteiger partial charge in [0.25, 0.3) is 5.91 Å². The highest BCUT2D eigenvalue weighted by atomic mass is 35.5. The zero-order valence-electron chi connectivity index (χ0n) is 9.70. The second-order valence-electron chi connectivity index (χ2n) is 4.46. The summed E-state index contributed by atoms with van der Waals surface area (Å²) >= 11 is 11.6. The summed E-state index contributed by atoms with van der Waals surface area (Å²) in [4.78, 5) is 15.7. The van der Waals surface area contributed by atoms with Gasteiger partial charge in [-0.1, -0.05) is 29.6 Å². The Balaban J connectivity index is 1.97. The summed E-state index contributed by atoms with van der Waals surface area (Å²) in [6, 6.07) is 1.43. The van der Waals surface area contributed by atoms with Crippen molar-refractivity contribution >= 4 is 29.1 Å². The Morgan fingerprint density at radius 2 is 2.28 bits per heavy atom. The largest absolute Gasteiger partial charge is 0.393 e. The fourth-order valence-electron chi connectivity index (χ4n) is 2.16. The lowest BCUT2D eigenvalue weighted by atomic mass is 10.1. The third-order valence-corrected chi connectivity index (χ3v) is 3.72. The first kappa shape index (κ1) is 13.6. The quantitative estimate of drug-likeness (QED) is 0.839. The van der Waals surface area contributed by atoms with Gasteiger partial charge in [0.1, 0.15) is 5.15 Å². The third kappa shape index (κ3) is 3.13. The number of hydrogen-bond donors (Lipinski definition) is 2. The van der Waals surface area contributed by atoms with Crippen LogP contribution < -0.4 is 5.32 Å². The van der Waals surface area contributed by atoms with Crippen molar-refractivity contribution in [1.29, 1.82) is 0 Å². The zero-order valence-corrected chi connectivity index (χ0v) is 11.2. The van der Waals surface area contributed by atoms with Crippen molar-refractivity contribution in [2.24, 2.45) is 5.92 Å².